The number of fused-ring (bicyclic) bond motifs is 5. The second-order valence-electron chi connectivity index (χ2n) is 13.1. The molecule has 0 aromatic rings. The highest BCUT2D eigenvalue weighted by Crippen LogP contribution is 2.74. The predicted molar refractivity (Wildman–Crippen MR) is 133 cm³/mol. The van der Waals surface area contributed by atoms with E-state index in [1.807, 2.05) is 0 Å². The molecular weight excluding hydrogens is 406 g/mol. The molecule has 9 atom stereocenters. The number of rotatable bonds is 4. The van der Waals surface area contributed by atoms with Crippen molar-refractivity contribution in [3.63, 3.8) is 0 Å². The normalized spacial score (nSPS) is 49.0. The highest BCUT2D eigenvalue weighted by molar-refractivity contribution is 5.76. The van der Waals surface area contributed by atoms with Crippen LogP contribution in [0.15, 0.2) is 23.8 Å². The minimum atomic E-state index is -0.584. The Hall–Kier alpha value is -1.56. The van der Waals surface area contributed by atoms with Gasteiger partial charge in [-0.15, -0.1) is 0 Å². The zero-order valence-corrected chi connectivity index (χ0v) is 21.8. The number of nitrogens with zero attached hydrogens (tertiary/aromatic N) is 1. The molecule has 0 aliphatic heterocycles. The molecule has 0 spiro atoms. The molecule has 182 valence electrons. The van der Waals surface area contributed by atoms with Gasteiger partial charge in [0.2, 0.25) is 0 Å². The van der Waals surface area contributed by atoms with Crippen molar-refractivity contribution >= 4 is 5.97 Å². The summed E-state index contributed by atoms with van der Waals surface area (Å²) in [6.07, 6.45) is 11.0. The number of allylic oxidation sites excluding steroid dienone is 3. The highest BCUT2D eigenvalue weighted by Gasteiger charge is 2.67. The van der Waals surface area contributed by atoms with Crippen molar-refractivity contribution < 1.29 is 9.90 Å². The van der Waals surface area contributed by atoms with Gasteiger partial charge in [-0.05, 0) is 104 Å². The first-order valence-corrected chi connectivity index (χ1v) is 13.4. The van der Waals surface area contributed by atoms with E-state index < -0.39 is 11.4 Å². The molecule has 1 N–H and O–H groups in total. The zero-order chi connectivity index (χ0) is 24.4. The van der Waals surface area contributed by atoms with Crippen LogP contribution in [0.2, 0.25) is 0 Å². The fourth-order valence-electron chi connectivity index (χ4n) is 9.71. The number of aliphatic carboxylic acids is 1. The van der Waals surface area contributed by atoms with E-state index in [0.717, 1.165) is 44.9 Å². The summed E-state index contributed by atoms with van der Waals surface area (Å²) in [7, 11) is 0. The first-order chi connectivity index (χ1) is 15.4. The number of hydrogen-bond donors (Lipinski definition) is 1. The van der Waals surface area contributed by atoms with Gasteiger partial charge in [0.15, 0.2) is 0 Å². The van der Waals surface area contributed by atoms with Crippen LogP contribution < -0.4 is 0 Å². The fourth-order valence-corrected chi connectivity index (χ4v) is 9.71. The van der Waals surface area contributed by atoms with Gasteiger partial charge in [-0.25, -0.2) is 0 Å². The van der Waals surface area contributed by atoms with Crippen molar-refractivity contribution in [2.24, 2.45) is 51.2 Å². The Kier molecular flexibility index (Phi) is 5.95. The smallest absolute Gasteiger partial charge is 0.310 e. The van der Waals surface area contributed by atoms with Gasteiger partial charge in [-0.2, -0.15) is 5.26 Å². The molecule has 0 saturated heterocycles. The van der Waals surface area contributed by atoms with E-state index in [9.17, 15) is 15.2 Å². The third kappa shape index (κ3) is 3.15. The van der Waals surface area contributed by atoms with Gasteiger partial charge in [-0.3, -0.25) is 4.79 Å². The largest absolute Gasteiger partial charge is 0.481 e. The number of carbonyl (C=O) groups is 1. The van der Waals surface area contributed by atoms with Gasteiger partial charge in [0.05, 0.1) is 11.5 Å². The molecule has 0 heterocycles. The lowest BCUT2D eigenvalue weighted by atomic mass is 9.35. The number of carboxylic acids is 1. The molecular formula is C30H45NO2. The maximum Gasteiger partial charge on any atom is 0.310 e. The van der Waals surface area contributed by atoms with Crippen LogP contribution in [0.3, 0.4) is 0 Å². The van der Waals surface area contributed by atoms with Gasteiger partial charge < -0.3 is 5.11 Å². The van der Waals surface area contributed by atoms with Crippen LogP contribution in [0.4, 0.5) is 0 Å². The number of carboxylic acid groups (broad SMARTS) is 1. The Bertz CT molecular complexity index is 913. The first kappa shape index (κ1) is 24.6. The molecule has 0 radical (unpaired) electrons. The quantitative estimate of drug-likeness (QED) is 0.444. The predicted octanol–water partition coefficient (Wildman–Crippen LogP) is 7.79. The summed E-state index contributed by atoms with van der Waals surface area (Å²) in [5.74, 6) is 1.51. The minimum Gasteiger partial charge on any atom is -0.481 e. The van der Waals surface area contributed by atoms with Crippen LogP contribution in [0.5, 0.6) is 0 Å². The van der Waals surface area contributed by atoms with E-state index >= 15 is 0 Å². The fraction of sp³-hybridized carbons (Fsp3) is 0.800. The monoisotopic (exact) mass is 451 g/mol. The molecule has 0 bridgehead atoms. The zero-order valence-electron chi connectivity index (χ0n) is 21.8. The van der Waals surface area contributed by atoms with Crippen molar-refractivity contribution in [3.05, 3.63) is 23.8 Å². The second-order valence-corrected chi connectivity index (χ2v) is 13.1. The molecule has 3 nitrogen and oxygen atoms in total. The molecule has 4 aliphatic rings. The average molecular weight is 452 g/mol. The van der Waals surface area contributed by atoms with Crippen LogP contribution in [-0.2, 0) is 4.79 Å². The standard InChI is InChI=1S/C30H45NO2/c1-19(2)22-12-14-29(7)24(27(22,5)13-8-18-31)10-9-23-25-21(4)20(3)11-15-30(25,26(32)33)17-16-28(23,29)6/h9,20-22,24-25H,1,8,10-17H2,2-7H3,(H,32,33). The summed E-state index contributed by atoms with van der Waals surface area (Å²) in [5, 5.41) is 20.0. The molecule has 4 aliphatic carbocycles. The summed E-state index contributed by atoms with van der Waals surface area (Å²) in [5.41, 5.74) is 2.37. The number of hydrogen-bond acceptors (Lipinski definition) is 2. The van der Waals surface area contributed by atoms with E-state index in [1.54, 1.807) is 0 Å². The average Bonchev–Trinajstić information content (AvgIpc) is 2.75. The molecule has 0 amide bonds. The lowest BCUT2D eigenvalue weighted by Gasteiger charge is -2.69. The van der Waals surface area contributed by atoms with Gasteiger partial charge in [0.1, 0.15) is 0 Å². The van der Waals surface area contributed by atoms with E-state index in [1.165, 1.54) is 17.6 Å². The first-order valence-electron chi connectivity index (χ1n) is 13.4. The van der Waals surface area contributed by atoms with Gasteiger partial charge in [0, 0.05) is 6.42 Å². The topological polar surface area (TPSA) is 61.1 Å². The Morgan fingerprint density at radius 2 is 1.88 bits per heavy atom. The Morgan fingerprint density at radius 1 is 1.18 bits per heavy atom. The lowest BCUT2D eigenvalue weighted by molar-refractivity contribution is -0.173. The molecule has 3 heteroatoms. The van der Waals surface area contributed by atoms with Gasteiger partial charge in [-0.1, -0.05) is 58.4 Å². The van der Waals surface area contributed by atoms with E-state index in [-0.39, 0.29) is 22.2 Å². The third-order valence-electron chi connectivity index (χ3n) is 12.1. The van der Waals surface area contributed by atoms with Crippen molar-refractivity contribution in [2.45, 2.75) is 99.3 Å². The summed E-state index contributed by atoms with van der Waals surface area (Å²) in [6.45, 7) is 18.6. The molecule has 0 aromatic heterocycles. The van der Waals surface area contributed by atoms with Crippen LogP contribution in [-0.4, -0.2) is 11.1 Å². The van der Waals surface area contributed by atoms with Gasteiger partial charge in [0.25, 0.3) is 0 Å². The third-order valence-corrected chi connectivity index (χ3v) is 12.1. The maximum absolute atomic E-state index is 12.8. The molecule has 3 saturated carbocycles. The van der Waals surface area contributed by atoms with Gasteiger partial charge >= 0.3 is 5.97 Å². The Balaban J connectivity index is 1.84. The van der Waals surface area contributed by atoms with Crippen LogP contribution in [0, 0.1) is 62.6 Å². The summed E-state index contributed by atoms with van der Waals surface area (Å²) in [4.78, 5) is 12.8. The van der Waals surface area contributed by atoms with Crippen molar-refractivity contribution in [3.8, 4) is 6.07 Å². The summed E-state index contributed by atoms with van der Waals surface area (Å²) >= 11 is 0. The second kappa shape index (κ2) is 8.00. The molecule has 0 aromatic carbocycles. The van der Waals surface area contributed by atoms with Crippen molar-refractivity contribution in [1.82, 2.24) is 0 Å². The molecule has 9 unspecified atom stereocenters. The Labute approximate surface area is 201 Å². The van der Waals surface area contributed by atoms with E-state index in [4.69, 9.17) is 0 Å². The Morgan fingerprint density at radius 3 is 2.48 bits per heavy atom. The number of nitriles is 1. The van der Waals surface area contributed by atoms with Crippen LogP contribution >= 0.6 is 0 Å². The van der Waals surface area contributed by atoms with E-state index in [2.05, 4.69) is 60.3 Å². The summed E-state index contributed by atoms with van der Waals surface area (Å²) < 4.78 is 0. The lowest BCUT2D eigenvalue weighted by Crippen LogP contribution is -2.62. The summed E-state index contributed by atoms with van der Waals surface area (Å²) in [6, 6.07) is 2.43. The molecule has 3 fully saturated rings. The van der Waals surface area contributed by atoms with Crippen molar-refractivity contribution in [2.75, 3.05) is 0 Å². The van der Waals surface area contributed by atoms with Crippen LogP contribution in [0.25, 0.3) is 0 Å². The molecule has 33 heavy (non-hydrogen) atoms. The van der Waals surface area contributed by atoms with Crippen molar-refractivity contribution in [1.29, 1.82) is 5.26 Å². The minimum absolute atomic E-state index is 0.0266. The maximum atomic E-state index is 12.8. The van der Waals surface area contributed by atoms with E-state index in [0.29, 0.717) is 30.1 Å². The molecule has 4 rings (SSSR count). The SMILES string of the molecule is C=C(C)C1CCC2(C)C(CC=C3C4C(C)C(C)CCC4(C(=O)O)CCC32C)C1(C)CCC#N. The highest BCUT2D eigenvalue weighted by atomic mass is 16.4. The van der Waals surface area contributed by atoms with Crippen LogP contribution in [0.1, 0.15) is 99.3 Å².